The Balaban J connectivity index is 2.14. The first kappa shape index (κ1) is 13.0. The van der Waals surface area contributed by atoms with Gasteiger partial charge in [-0.3, -0.25) is 4.79 Å². The Labute approximate surface area is 112 Å². The molecule has 0 fully saturated rings. The fraction of sp³-hybridized carbons (Fsp3) is 0.444. The minimum Gasteiger partial charge on any atom is -0.468 e. The summed E-state index contributed by atoms with van der Waals surface area (Å²) >= 11 is 2.91. The molecule has 0 atom stereocenters. The summed E-state index contributed by atoms with van der Waals surface area (Å²) in [4.78, 5) is 16.7. The lowest BCUT2D eigenvalue weighted by Gasteiger charge is -2.00. The summed E-state index contributed by atoms with van der Waals surface area (Å²) in [6.07, 6.45) is 0. The summed E-state index contributed by atoms with van der Waals surface area (Å²) in [6.45, 7) is 3.96. The molecule has 7 nitrogen and oxygen atoms in total. The van der Waals surface area contributed by atoms with E-state index in [2.05, 4.69) is 25.2 Å². The highest BCUT2D eigenvalue weighted by Crippen LogP contribution is 2.30. The molecule has 0 aromatic carbocycles. The van der Waals surface area contributed by atoms with Gasteiger partial charge in [0.15, 0.2) is 4.34 Å². The highest BCUT2D eigenvalue weighted by molar-refractivity contribution is 8.00. The van der Waals surface area contributed by atoms with Gasteiger partial charge in [-0.1, -0.05) is 0 Å². The summed E-state index contributed by atoms with van der Waals surface area (Å²) in [7, 11) is 1.33. The zero-order chi connectivity index (χ0) is 13.1. The number of esters is 1. The number of aryl methyl sites for hydroxylation is 2. The van der Waals surface area contributed by atoms with Crippen LogP contribution in [-0.2, 0) is 16.1 Å². The Bertz CT molecular complexity index is 546. The van der Waals surface area contributed by atoms with Crippen molar-refractivity contribution in [2.24, 2.45) is 0 Å². The summed E-state index contributed by atoms with van der Waals surface area (Å²) in [5.74, 6) is -0.393. The number of aromatic nitrogens is 5. The Morgan fingerprint density at radius 2 is 2.28 bits per heavy atom. The van der Waals surface area contributed by atoms with Crippen LogP contribution in [0.3, 0.4) is 0 Å². The molecule has 0 N–H and O–H groups in total. The van der Waals surface area contributed by atoms with Crippen molar-refractivity contribution in [2.45, 2.75) is 29.9 Å². The zero-order valence-electron chi connectivity index (χ0n) is 10.1. The Hall–Kier alpha value is -1.48. The highest BCUT2D eigenvalue weighted by atomic mass is 32.2. The number of hydrogen-bond acceptors (Lipinski definition) is 8. The van der Waals surface area contributed by atoms with Crippen molar-refractivity contribution < 1.29 is 9.53 Å². The monoisotopic (exact) mass is 285 g/mol. The molecule has 96 valence electrons. The summed E-state index contributed by atoms with van der Waals surface area (Å²) < 4.78 is 6.82. The molecule has 2 rings (SSSR count). The van der Waals surface area contributed by atoms with Crippen molar-refractivity contribution >= 4 is 29.1 Å². The van der Waals surface area contributed by atoms with Crippen molar-refractivity contribution in [3.8, 4) is 0 Å². The van der Waals surface area contributed by atoms with Crippen molar-refractivity contribution in [2.75, 3.05) is 7.11 Å². The van der Waals surface area contributed by atoms with Crippen LogP contribution >= 0.6 is 23.1 Å². The van der Waals surface area contributed by atoms with Gasteiger partial charge in [0.05, 0.1) is 12.8 Å². The first-order valence-electron chi connectivity index (χ1n) is 5.05. The molecular weight excluding hydrogens is 274 g/mol. The largest absolute Gasteiger partial charge is 0.468 e. The average molecular weight is 285 g/mol. The number of nitrogens with zero attached hydrogens (tertiary/aromatic N) is 5. The van der Waals surface area contributed by atoms with E-state index in [0.717, 1.165) is 14.9 Å². The van der Waals surface area contributed by atoms with Gasteiger partial charge in [-0.05, 0) is 36.0 Å². The second-order valence-electron chi connectivity index (χ2n) is 3.42. The number of ether oxygens (including phenoxy) is 1. The van der Waals surface area contributed by atoms with Gasteiger partial charge in [0.1, 0.15) is 6.54 Å². The van der Waals surface area contributed by atoms with Crippen molar-refractivity contribution in [3.63, 3.8) is 0 Å². The fourth-order valence-electron chi connectivity index (χ4n) is 1.12. The molecule has 0 saturated heterocycles. The van der Waals surface area contributed by atoms with Gasteiger partial charge in [-0.2, -0.15) is 0 Å². The molecule has 2 aromatic rings. The smallest absolute Gasteiger partial charge is 0.327 e. The molecule has 0 saturated carbocycles. The first-order valence-corrected chi connectivity index (χ1v) is 6.68. The third-order valence-corrected chi connectivity index (χ3v) is 4.30. The van der Waals surface area contributed by atoms with Gasteiger partial charge in [-0.25, -0.2) is 9.67 Å². The predicted molar refractivity (Wildman–Crippen MR) is 65.5 cm³/mol. The minimum atomic E-state index is -0.393. The van der Waals surface area contributed by atoms with Gasteiger partial charge >= 0.3 is 5.97 Å². The van der Waals surface area contributed by atoms with E-state index in [-0.39, 0.29) is 6.54 Å². The van der Waals surface area contributed by atoms with Gasteiger partial charge in [0.25, 0.3) is 0 Å². The number of rotatable bonds is 4. The maximum absolute atomic E-state index is 11.2. The molecule has 0 aliphatic carbocycles. The number of tetrazole rings is 1. The topological polar surface area (TPSA) is 82.8 Å². The maximum Gasteiger partial charge on any atom is 0.327 e. The second kappa shape index (κ2) is 5.44. The first-order chi connectivity index (χ1) is 8.60. The summed E-state index contributed by atoms with van der Waals surface area (Å²) in [5, 5.41) is 11.7. The van der Waals surface area contributed by atoms with Crippen LogP contribution in [0.2, 0.25) is 0 Å². The molecule has 0 radical (unpaired) electrons. The molecule has 0 aliphatic rings. The standard InChI is InChI=1S/C9H11N5O2S2/c1-5-6(2)17-9(10-5)18-8-11-12-13-14(8)4-7(15)16-3/h4H2,1-3H3. The Morgan fingerprint density at radius 3 is 2.89 bits per heavy atom. The van der Waals surface area contributed by atoms with E-state index in [1.807, 2.05) is 13.8 Å². The Kier molecular flexibility index (Phi) is 3.92. The molecule has 2 heterocycles. The van der Waals surface area contributed by atoms with E-state index in [1.54, 1.807) is 11.3 Å². The van der Waals surface area contributed by atoms with Crippen LogP contribution in [0, 0.1) is 13.8 Å². The van der Waals surface area contributed by atoms with Crippen LogP contribution in [-0.4, -0.2) is 38.3 Å². The van der Waals surface area contributed by atoms with Crippen LogP contribution in [0.15, 0.2) is 9.50 Å². The number of hydrogen-bond donors (Lipinski definition) is 0. The molecule has 9 heteroatoms. The van der Waals surface area contributed by atoms with E-state index in [9.17, 15) is 4.79 Å². The van der Waals surface area contributed by atoms with Crippen LogP contribution in [0.25, 0.3) is 0 Å². The lowest BCUT2D eigenvalue weighted by atomic mass is 10.4. The van der Waals surface area contributed by atoms with Crippen molar-refractivity contribution in [1.29, 1.82) is 0 Å². The van der Waals surface area contributed by atoms with E-state index < -0.39 is 5.97 Å². The predicted octanol–water partition coefficient (Wildman–Crippen LogP) is 1.07. The van der Waals surface area contributed by atoms with Crippen LogP contribution in [0.4, 0.5) is 0 Å². The zero-order valence-corrected chi connectivity index (χ0v) is 11.7. The van der Waals surface area contributed by atoms with Gasteiger partial charge in [-0.15, -0.1) is 16.4 Å². The molecule has 0 aliphatic heterocycles. The molecule has 2 aromatic heterocycles. The van der Waals surface area contributed by atoms with E-state index in [1.165, 1.54) is 23.6 Å². The average Bonchev–Trinajstić information content (AvgIpc) is 2.88. The Morgan fingerprint density at radius 1 is 1.50 bits per heavy atom. The summed E-state index contributed by atoms with van der Waals surface area (Å²) in [5.41, 5.74) is 0.995. The molecule has 0 unspecified atom stereocenters. The van der Waals surface area contributed by atoms with Gasteiger partial charge < -0.3 is 4.74 Å². The quantitative estimate of drug-likeness (QED) is 0.777. The lowest BCUT2D eigenvalue weighted by Crippen LogP contribution is -2.13. The fourth-order valence-corrected chi connectivity index (χ4v) is 3.15. The number of carbonyl (C=O) groups is 1. The van der Waals surface area contributed by atoms with E-state index in [4.69, 9.17) is 0 Å². The van der Waals surface area contributed by atoms with E-state index in [0.29, 0.717) is 5.16 Å². The molecule has 0 amide bonds. The third-order valence-electron chi connectivity index (χ3n) is 2.19. The number of carbonyl (C=O) groups excluding carboxylic acids is 1. The highest BCUT2D eigenvalue weighted by Gasteiger charge is 2.14. The second-order valence-corrected chi connectivity index (χ2v) is 5.84. The molecule has 0 spiro atoms. The molecule has 0 bridgehead atoms. The maximum atomic E-state index is 11.2. The minimum absolute atomic E-state index is 0.00479. The van der Waals surface area contributed by atoms with Crippen molar-refractivity contribution in [1.82, 2.24) is 25.2 Å². The molecule has 18 heavy (non-hydrogen) atoms. The number of thiazole rings is 1. The SMILES string of the molecule is COC(=O)Cn1nnnc1Sc1nc(C)c(C)s1. The number of methoxy groups -OCH3 is 1. The van der Waals surface area contributed by atoms with Crippen molar-refractivity contribution in [3.05, 3.63) is 10.6 Å². The van der Waals surface area contributed by atoms with Crippen LogP contribution in [0.5, 0.6) is 0 Å². The third kappa shape index (κ3) is 2.85. The van der Waals surface area contributed by atoms with Crippen LogP contribution in [0.1, 0.15) is 10.6 Å². The van der Waals surface area contributed by atoms with Gasteiger partial charge in [0, 0.05) is 4.88 Å². The van der Waals surface area contributed by atoms with Gasteiger partial charge in [0.2, 0.25) is 5.16 Å². The molecular formula is C9H11N5O2S2. The van der Waals surface area contributed by atoms with Crippen LogP contribution < -0.4 is 0 Å². The summed E-state index contributed by atoms with van der Waals surface area (Å²) in [6, 6.07) is 0. The van der Waals surface area contributed by atoms with E-state index >= 15 is 0 Å². The lowest BCUT2D eigenvalue weighted by molar-refractivity contribution is -0.141. The normalized spacial score (nSPS) is 10.6.